The normalized spacial score (nSPS) is 10.7. The highest BCUT2D eigenvalue weighted by Crippen LogP contribution is 2.21. The standard InChI is InChI=1S/C17H18N4O2/c1-2-23-11-12-3-5-13(6-4-12)20-17(22)21-16-10-19-15-7-8-18-9-14(15)16/h3-10,19H,2,11H2,1H3,(H2,20,21,22). The summed E-state index contributed by atoms with van der Waals surface area (Å²) in [5, 5.41) is 6.49. The van der Waals surface area contributed by atoms with Gasteiger partial charge < -0.3 is 20.4 Å². The van der Waals surface area contributed by atoms with E-state index in [2.05, 4.69) is 20.6 Å². The molecule has 0 aliphatic carbocycles. The molecule has 0 saturated carbocycles. The van der Waals surface area contributed by atoms with Crippen molar-refractivity contribution >= 4 is 28.3 Å². The number of hydrogen-bond acceptors (Lipinski definition) is 3. The molecule has 3 rings (SSSR count). The molecule has 23 heavy (non-hydrogen) atoms. The molecule has 0 aliphatic rings. The van der Waals surface area contributed by atoms with Gasteiger partial charge in [0, 0.05) is 36.3 Å². The molecule has 0 saturated heterocycles. The maximum atomic E-state index is 12.1. The van der Waals surface area contributed by atoms with E-state index in [-0.39, 0.29) is 6.03 Å². The van der Waals surface area contributed by atoms with Crippen LogP contribution in [0.3, 0.4) is 0 Å². The summed E-state index contributed by atoms with van der Waals surface area (Å²) in [4.78, 5) is 19.3. The van der Waals surface area contributed by atoms with Gasteiger partial charge in [0.05, 0.1) is 17.8 Å². The number of rotatable bonds is 5. The predicted molar refractivity (Wildman–Crippen MR) is 90.5 cm³/mol. The number of aromatic nitrogens is 2. The zero-order valence-corrected chi connectivity index (χ0v) is 12.8. The van der Waals surface area contributed by atoms with Crippen LogP contribution in [0.15, 0.2) is 48.9 Å². The maximum Gasteiger partial charge on any atom is 0.323 e. The van der Waals surface area contributed by atoms with E-state index < -0.39 is 0 Å². The molecule has 118 valence electrons. The number of urea groups is 1. The number of nitrogens with one attached hydrogen (secondary N) is 3. The van der Waals surface area contributed by atoms with Crippen molar-refractivity contribution < 1.29 is 9.53 Å². The van der Waals surface area contributed by atoms with Crippen LogP contribution in [0.25, 0.3) is 10.9 Å². The molecule has 0 atom stereocenters. The van der Waals surface area contributed by atoms with Crippen molar-refractivity contribution in [1.82, 2.24) is 9.97 Å². The molecule has 3 aromatic rings. The van der Waals surface area contributed by atoms with Gasteiger partial charge in [-0.15, -0.1) is 0 Å². The Morgan fingerprint density at radius 2 is 2.04 bits per heavy atom. The minimum atomic E-state index is -0.299. The number of carbonyl (C=O) groups excluding carboxylic acids is 1. The zero-order valence-electron chi connectivity index (χ0n) is 12.8. The number of hydrogen-bond donors (Lipinski definition) is 3. The number of H-pyrrole nitrogens is 1. The highest BCUT2D eigenvalue weighted by Gasteiger charge is 2.07. The predicted octanol–water partition coefficient (Wildman–Crippen LogP) is 3.74. The lowest BCUT2D eigenvalue weighted by Crippen LogP contribution is -2.19. The summed E-state index contributed by atoms with van der Waals surface area (Å²) in [6, 6.07) is 9.12. The molecule has 1 aromatic carbocycles. The van der Waals surface area contributed by atoms with Gasteiger partial charge >= 0.3 is 6.03 Å². The molecule has 0 spiro atoms. The van der Waals surface area contributed by atoms with Crippen LogP contribution in [-0.4, -0.2) is 22.6 Å². The Balaban J connectivity index is 1.63. The van der Waals surface area contributed by atoms with E-state index in [0.29, 0.717) is 18.9 Å². The van der Waals surface area contributed by atoms with Gasteiger partial charge in [0.25, 0.3) is 0 Å². The second kappa shape index (κ2) is 6.93. The molecule has 2 amide bonds. The summed E-state index contributed by atoms with van der Waals surface area (Å²) >= 11 is 0. The van der Waals surface area contributed by atoms with Crippen molar-refractivity contribution in [1.29, 1.82) is 0 Å². The van der Waals surface area contributed by atoms with Gasteiger partial charge in [-0.3, -0.25) is 4.98 Å². The largest absolute Gasteiger partial charge is 0.377 e. The van der Waals surface area contributed by atoms with Crippen molar-refractivity contribution in [2.45, 2.75) is 13.5 Å². The first-order valence-corrected chi connectivity index (χ1v) is 7.42. The van der Waals surface area contributed by atoms with E-state index in [1.165, 1.54) is 0 Å². The van der Waals surface area contributed by atoms with Crippen molar-refractivity contribution in [3.05, 3.63) is 54.5 Å². The Morgan fingerprint density at radius 1 is 1.22 bits per heavy atom. The molecule has 0 aliphatic heterocycles. The van der Waals surface area contributed by atoms with Crippen LogP contribution in [0.5, 0.6) is 0 Å². The smallest absolute Gasteiger partial charge is 0.323 e. The summed E-state index contributed by atoms with van der Waals surface area (Å²) in [7, 11) is 0. The monoisotopic (exact) mass is 310 g/mol. The summed E-state index contributed by atoms with van der Waals surface area (Å²) < 4.78 is 5.34. The molecule has 0 bridgehead atoms. The fourth-order valence-corrected chi connectivity index (χ4v) is 2.25. The molecular formula is C17H18N4O2. The number of anilines is 2. The number of amides is 2. The van der Waals surface area contributed by atoms with E-state index in [1.807, 2.05) is 37.3 Å². The van der Waals surface area contributed by atoms with Crippen LogP contribution in [0, 0.1) is 0 Å². The molecule has 6 nitrogen and oxygen atoms in total. The Kier molecular flexibility index (Phi) is 4.54. The molecule has 6 heteroatoms. The average Bonchev–Trinajstić information content (AvgIpc) is 2.97. The van der Waals surface area contributed by atoms with Crippen LogP contribution in [0.1, 0.15) is 12.5 Å². The van der Waals surface area contributed by atoms with Crippen molar-refractivity contribution in [2.75, 3.05) is 17.2 Å². The molecule has 3 N–H and O–H groups in total. The number of aromatic amines is 1. The van der Waals surface area contributed by atoms with Gasteiger partial charge in [-0.1, -0.05) is 12.1 Å². The summed E-state index contributed by atoms with van der Waals surface area (Å²) in [5.41, 5.74) is 3.41. The average molecular weight is 310 g/mol. The number of ether oxygens (including phenoxy) is 1. The lowest BCUT2D eigenvalue weighted by atomic mass is 10.2. The van der Waals surface area contributed by atoms with E-state index in [0.717, 1.165) is 22.2 Å². The van der Waals surface area contributed by atoms with Gasteiger partial charge in [-0.2, -0.15) is 0 Å². The van der Waals surface area contributed by atoms with Crippen LogP contribution >= 0.6 is 0 Å². The van der Waals surface area contributed by atoms with Gasteiger partial charge in [-0.25, -0.2) is 4.79 Å². The zero-order chi connectivity index (χ0) is 16.1. The fourth-order valence-electron chi connectivity index (χ4n) is 2.25. The summed E-state index contributed by atoms with van der Waals surface area (Å²) in [6.45, 7) is 3.22. The lowest BCUT2D eigenvalue weighted by molar-refractivity contribution is 0.134. The minimum absolute atomic E-state index is 0.299. The molecule has 0 unspecified atom stereocenters. The number of fused-ring (bicyclic) bond motifs is 1. The quantitative estimate of drug-likeness (QED) is 0.671. The third-order valence-corrected chi connectivity index (χ3v) is 3.42. The molecule has 2 aromatic heterocycles. The van der Waals surface area contributed by atoms with E-state index in [9.17, 15) is 4.79 Å². The fraction of sp³-hybridized carbons (Fsp3) is 0.176. The van der Waals surface area contributed by atoms with Crippen LogP contribution in [0.2, 0.25) is 0 Å². The van der Waals surface area contributed by atoms with Gasteiger partial charge in [-0.05, 0) is 30.7 Å². The highest BCUT2D eigenvalue weighted by molar-refractivity contribution is 6.05. The van der Waals surface area contributed by atoms with Gasteiger partial charge in [0.15, 0.2) is 0 Å². The van der Waals surface area contributed by atoms with Crippen LogP contribution in [0.4, 0.5) is 16.2 Å². The first-order valence-electron chi connectivity index (χ1n) is 7.42. The van der Waals surface area contributed by atoms with E-state index in [4.69, 9.17) is 4.74 Å². The third-order valence-electron chi connectivity index (χ3n) is 3.42. The first-order chi connectivity index (χ1) is 11.3. The highest BCUT2D eigenvalue weighted by atomic mass is 16.5. The topological polar surface area (TPSA) is 79.0 Å². The Bertz CT molecular complexity index is 796. The molecule has 0 radical (unpaired) electrons. The SMILES string of the molecule is CCOCc1ccc(NC(=O)Nc2c[nH]c3ccncc23)cc1. The lowest BCUT2D eigenvalue weighted by Gasteiger charge is -2.08. The van der Waals surface area contributed by atoms with Crippen LogP contribution < -0.4 is 10.6 Å². The second-order valence-corrected chi connectivity index (χ2v) is 5.04. The Hall–Kier alpha value is -2.86. The summed E-state index contributed by atoms with van der Waals surface area (Å²) in [5.74, 6) is 0. The number of benzene rings is 1. The number of nitrogens with zero attached hydrogens (tertiary/aromatic N) is 1. The van der Waals surface area contributed by atoms with Gasteiger partial charge in [0.2, 0.25) is 0 Å². The van der Waals surface area contributed by atoms with E-state index >= 15 is 0 Å². The Morgan fingerprint density at radius 3 is 2.83 bits per heavy atom. The third kappa shape index (κ3) is 3.67. The van der Waals surface area contributed by atoms with Crippen molar-refractivity contribution in [3.63, 3.8) is 0 Å². The second-order valence-electron chi connectivity index (χ2n) is 5.04. The number of pyridine rings is 1. The molecular weight excluding hydrogens is 292 g/mol. The van der Waals surface area contributed by atoms with Crippen molar-refractivity contribution in [3.8, 4) is 0 Å². The molecule has 0 fully saturated rings. The summed E-state index contributed by atoms with van der Waals surface area (Å²) in [6.07, 6.45) is 5.16. The number of carbonyl (C=O) groups is 1. The molecule has 2 heterocycles. The van der Waals surface area contributed by atoms with Crippen LogP contribution in [-0.2, 0) is 11.3 Å². The maximum absolute atomic E-state index is 12.1. The first kappa shape index (κ1) is 15.1. The van der Waals surface area contributed by atoms with Crippen molar-refractivity contribution in [2.24, 2.45) is 0 Å². The van der Waals surface area contributed by atoms with E-state index in [1.54, 1.807) is 18.6 Å². The Labute approximate surface area is 133 Å². The van der Waals surface area contributed by atoms with Gasteiger partial charge in [0.1, 0.15) is 0 Å². The minimum Gasteiger partial charge on any atom is -0.377 e.